The van der Waals surface area contributed by atoms with Gasteiger partial charge in [0.1, 0.15) is 17.2 Å². The van der Waals surface area contributed by atoms with E-state index in [4.69, 9.17) is 21.1 Å². The van der Waals surface area contributed by atoms with Crippen LogP contribution < -0.4 is 0 Å². The van der Waals surface area contributed by atoms with Gasteiger partial charge in [-0.3, -0.25) is 9.69 Å². The molecule has 0 aliphatic carbocycles. The number of amides is 2. The normalized spacial score (nSPS) is 19.0. The molecule has 0 aromatic heterocycles. The van der Waals surface area contributed by atoms with Crippen molar-refractivity contribution in [3.8, 4) is 0 Å². The first-order valence-corrected chi connectivity index (χ1v) is 8.44. The molecule has 1 saturated heterocycles. The molecule has 0 radical (unpaired) electrons. The molecule has 7 nitrogen and oxygen atoms in total. The average Bonchev–Trinajstić information content (AvgIpc) is 2.42. The first-order valence-electron chi connectivity index (χ1n) is 7.90. The Balaban J connectivity index is 2.87. The standard InChI is InChI=1S/C16H27ClN2O5/c1-15(2,3)23-13(21)18-7-8-19(11(10-18)12(20)9-17)14(22)24-16(4,5)6/h11H,7-10H2,1-6H3. The van der Waals surface area contributed by atoms with Gasteiger partial charge in [0, 0.05) is 13.1 Å². The van der Waals surface area contributed by atoms with Crippen LogP contribution in [0.5, 0.6) is 0 Å². The second kappa shape index (κ2) is 7.59. The first kappa shape index (κ1) is 20.5. The van der Waals surface area contributed by atoms with E-state index in [1.54, 1.807) is 41.5 Å². The van der Waals surface area contributed by atoms with Crippen LogP contribution in [0, 0.1) is 0 Å². The van der Waals surface area contributed by atoms with E-state index >= 15 is 0 Å². The Morgan fingerprint density at radius 1 is 0.958 bits per heavy atom. The number of carbonyl (C=O) groups is 3. The van der Waals surface area contributed by atoms with E-state index in [0.29, 0.717) is 0 Å². The number of hydrogen-bond donors (Lipinski definition) is 0. The van der Waals surface area contributed by atoms with Gasteiger partial charge in [-0.05, 0) is 41.5 Å². The first-order chi connectivity index (χ1) is 10.8. The van der Waals surface area contributed by atoms with Gasteiger partial charge < -0.3 is 14.4 Å². The molecule has 1 fully saturated rings. The van der Waals surface area contributed by atoms with Crippen molar-refractivity contribution < 1.29 is 23.9 Å². The molecule has 0 bridgehead atoms. The van der Waals surface area contributed by atoms with E-state index < -0.39 is 29.4 Å². The summed E-state index contributed by atoms with van der Waals surface area (Å²) >= 11 is 5.66. The zero-order valence-corrected chi connectivity index (χ0v) is 16.0. The number of nitrogens with zero attached hydrogens (tertiary/aromatic N) is 2. The van der Waals surface area contributed by atoms with Crippen LogP contribution in [0.2, 0.25) is 0 Å². The Bertz CT molecular complexity index is 496. The number of alkyl halides is 1. The fourth-order valence-corrected chi connectivity index (χ4v) is 2.36. The molecule has 138 valence electrons. The summed E-state index contributed by atoms with van der Waals surface area (Å²) in [6.07, 6.45) is -1.10. The molecule has 1 aliphatic heterocycles. The van der Waals surface area contributed by atoms with Crippen LogP contribution in [-0.2, 0) is 14.3 Å². The molecule has 1 heterocycles. The Labute approximate surface area is 148 Å². The van der Waals surface area contributed by atoms with Crippen LogP contribution in [-0.4, -0.2) is 70.5 Å². The number of ether oxygens (including phenoxy) is 2. The number of ketones is 1. The highest BCUT2D eigenvalue weighted by Gasteiger charge is 2.39. The monoisotopic (exact) mass is 362 g/mol. The van der Waals surface area contributed by atoms with Crippen LogP contribution in [0.25, 0.3) is 0 Å². The van der Waals surface area contributed by atoms with Crippen molar-refractivity contribution in [2.24, 2.45) is 0 Å². The summed E-state index contributed by atoms with van der Waals surface area (Å²) in [5, 5.41) is 0. The molecule has 0 N–H and O–H groups in total. The molecular formula is C16H27ClN2O5. The molecule has 2 amide bonds. The van der Waals surface area contributed by atoms with Crippen LogP contribution in [0.15, 0.2) is 0 Å². The summed E-state index contributed by atoms with van der Waals surface area (Å²) in [6.45, 7) is 11.0. The number of rotatable bonds is 2. The third-order valence-corrected chi connectivity index (χ3v) is 3.43. The van der Waals surface area contributed by atoms with E-state index in [2.05, 4.69) is 0 Å². The van der Waals surface area contributed by atoms with Crippen molar-refractivity contribution in [1.82, 2.24) is 9.80 Å². The SMILES string of the molecule is CC(C)(C)OC(=O)N1CCN(C(=O)OC(C)(C)C)C(C(=O)CCl)C1. The van der Waals surface area contributed by atoms with Gasteiger partial charge in [0.05, 0.1) is 12.4 Å². The van der Waals surface area contributed by atoms with Crippen molar-refractivity contribution in [2.75, 3.05) is 25.5 Å². The fourth-order valence-electron chi connectivity index (χ4n) is 2.18. The number of carbonyl (C=O) groups excluding carboxylic acids is 3. The number of hydrogen-bond acceptors (Lipinski definition) is 5. The summed E-state index contributed by atoms with van der Waals surface area (Å²) in [4.78, 5) is 39.4. The van der Waals surface area contributed by atoms with Gasteiger partial charge in [0.25, 0.3) is 0 Å². The maximum absolute atomic E-state index is 12.3. The minimum atomic E-state index is -0.835. The largest absolute Gasteiger partial charge is 0.444 e. The molecule has 0 aromatic carbocycles. The van der Waals surface area contributed by atoms with Crippen molar-refractivity contribution in [3.05, 3.63) is 0 Å². The minimum absolute atomic E-state index is 0.0414. The van der Waals surface area contributed by atoms with Crippen LogP contribution in [0.1, 0.15) is 41.5 Å². The molecular weight excluding hydrogens is 336 g/mol. The molecule has 1 aliphatic rings. The summed E-state index contributed by atoms with van der Waals surface area (Å²) in [6, 6.07) is -0.835. The van der Waals surface area contributed by atoms with Gasteiger partial charge in [-0.15, -0.1) is 11.6 Å². The molecule has 0 spiro atoms. The lowest BCUT2D eigenvalue weighted by molar-refractivity contribution is -0.124. The molecule has 24 heavy (non-hydrogen) atoms. The highest BCUT2D eigenvalue weighted by atomic mass is 35.5. The van der Waals surface area contributed by atoms with Crippen LogP contribution >= 0.6 is 11.6 Å². The molecule has 8 heteroatoms. The van der Waals surface area contributed by atoms with Crippen LogP contribution in [0.4, 0.5) is 9.59 Å². The third kappa shape index (κ3) is 6.19. The average molecular weight is 363 g/mol. The maximum atomic E-state index is 12.3. The topological polar surface area (TPSA) is 76.2 Å². The molecule has 1 unspecified atom stereocenters. The van der Waals surface area contributed by atoms with Gasteiger partial charge in [-0.2, -0.15) is 0 Å². The van der Waals surface area contributed by atoms with Crippen LogP contribution in [0.3, 0.4) is 0 Å². The molecule has 0 saturated carbocycles. The third-order valence-electron chi connectivity index (χ3n) is 3.16. The van der Waals surface area contributed by atoms with Gasteiger partial charge in [-0.25, -0.2) is 9.59 Å². The Morgan fingerprint density at radius 3 is 1.92 bits per heavy atom. The van der Waals surface area contributed by atoms with E-state index in [-0.39, 0.29) is 31.3 Å². The predicted octanol–water partition coefficient (Wildman–Crippen LogP) is 2.65. The highest BCUT2D eigenvalue weighted by Crippen LogP contribution is 2.19. The fraction of sp³-hybridized carbons (Fsp3) is 0.812. The minimum Gasteiger partial charge on any atom is -0.444 e. The second-order valence-corrected chi connectivity index (χ2v) is 7.98. The van der Waals surface area contributed by atoms with Gasteiger partial charge in [0.15, 0.2) is 5.78 Å². The Hall–Kier alpha value is -1.50. The predicted molar refractivity (Wildman–Crippen MR) is 90.3 cm³/mol. The number of halogens is 1. The van der Waals surface area contributed by atoms with E-state index in [0.717, 1.165) is 0 Å². The quantitative estimate of drug-likeness (QED) is 0.706. The smallest absolute Gasteiger partial charge is 0.411 e. The summed E-state index contributed by atoms with van der Waals surface area (Å²) in [5.74, 6) is -0.581. The zero-order valence-electron chi connectivity index (χ0n) is 15.2. The molecule has 0 aromatic rings. The van der Waals surface area contributed by atoms with Crippen molar-refractivity contribution in [1.29, 1.82) is 0 Å². The second-order valence-electron chi connectivity index (χ2n) is 7.72. The lowest BCUT2D eigenvalue weighted by Crippen LogP contribution is -2.60. The summed E-state index contributed by atoms with van der Waals surface area (Å²) < 4.78 is 10.7. The summed E-state index contributed by atoms with van der Waals surface area (Å²) in [5.41, 5.74) is -1.31. The highest BCUT2D eigenvalue weighted by molar-refractivity contribution is 6.28. The van der Waals surface area contributed by atoms with E-state index in [9.17, 15) is 14.4 Å². The number of piperazine rings is 1. The Morgan fingerprint density at radius 2 is 1.46 bits per heavy atom. The lowest BCUT2D eigenvalue weighted by atomic mass is 10.1. The molecule has 1 atom stereocenters. The van der Waals surface area contributed by atoms with Gasteiger partial charge in [-0.1, -0.05) is 0 Å². The Kier molecular flexibility index (Phi) is 6.50. The zero-order chi connectivity index (χ0) is 18.7. The van der Waals surface area contributed by atoms with Gasteiger partial charge >= 0.3 is 12.2 Å². The van der Waals surface area contributed by atoms with Gasteiger partial charge in [0.2, 0.25) is 0 Å². The van der Waals surface area contributed by atoms with E-state index in [1.165, 1.54) is 9.80 Å². The van der Waals surface area contributed by atoms with Crippen molar-refractivity contribution in [2.45, 2.75) is 58.8 Å². The van der Waals surface area contributed by atoms with Crippen molar-refractivity contribution in [3.63, 3.8) is 0 Å². The van der Waals surface area contributed by atoms with E-state index in [1.807, 2.05) is 0 Å². The number of Topliss-reactive ketones (excluding diaryl/α,β-unsaturated/α-hetero) is 1. The van der Waals surface area contributed by atoms with Crippen molar-refractivity contribution >= 4 is 29.6 Å². The summed E-state index contributed by atoms with van der Waals surface area (Å²) in [7, 11) is 0. The lowest BCUT2D eigenvalue weighted by Gasteiger charge is -2.40. The maximum Gasteiger partial charge on any atom is 0.411 e. The molecule has 1 rings (SSSR count).